The molecule has 0 atom stereocenters. The third kappa shape index (κ3) is 6.63. The first kappa shape index (κ1) is 25.7. The molecule has 8 heteroatoms. The minimum Gasteiger partial charge on any atom is -0.355 e. The van der Waals surface area contributed by atoms with Crippen molar-refractivity contribution >= 4 is 29.4 Å². The Morgan fingerprint density at radius 2 is 1.58 bits per heavy atom. The van der Waals surface area contributed by atoms with E-state index in [9.17, 15) is 9.59 Å². The zero-order valence-corrected chi connectivity index (χ0v) is 22.0. The number of piperazine rings is 1. The van der Waals surface area contributed by atoms with Gasteiger partial charge >= 0.3 is 0 Å². The molecule has 0 saturated carbocycles. The Morgan fingerprint density at radius 3 is 2.22 bits per heavy atom. The van der Waals surface area contributed by atoms with Crippen LogP contribution in [0.4, 0.5) is 5.82 Å². The van der Waals surface area contributed by atoms with Crippen molar-refractivity contribution in [2.24, 2.45) is 0 Å². The molecule has 2 amide bonds. The Morgan fingerprint density at radius 1 is 0.917 bits per heavy atom. The van der Waals surface area contributed by atoms with Gasteiger partial charge in [-0.15, -0.1) is 0 Å². The lowest BCUT2D eigenvalue weighted by Crippen LogP contribution is -2.50. The number of hydrogen-bond donors (Lipinski definition) is 0. The normalized spacial score (nSPS) is 13.5. The summed E-state index contributed by atoms with van der Waals surface area (Å²) < 4.78 is 0. The number of amides is 2. The lowest BCUT2D eigenvalue weighted by atomic mass is 10.1. The molecule has 0 aliphatic carbocycles. The SMILES string of the molecule is CCc1cc(N(C)Cc2ccccc2)nc(SCc2ccc(C(=O)N3CCN(C(C)=O)CC3)cc2)n1. The molecule has 0 spiro atoms. The third-order valence-electron chi connectivity index (χ3n) is 6.34. The molecule has 1 aromatic heterocycles. The van der Waals surface area contributed by atoms with Crippen molar-refractivity contribution in [3.63, 3.8) is 0 Å². The van der Waals surface area contributed by atoms with E-state index >= 15 is 0 Å². The maximum Gasteiger partial charge on any atom is 0.253 e. The zero-order valence-electron chi connectivity index (χ0n) is 21.2. The highest BCUT2D eigenvalue weighted by Crippen LogP contribution is 2.24. The van der Waals surface area contributed by atoms with Crippen LogP contribution in [0.5, 0.6) is 0 Å². The van der Waals surface area contributed by atoms with Gasteiger partial charge in [0.05, 0.1) is 0 Å². The first-order valence-electron chi connectivity index (χ1n) is 12.3. The standard InChI is InChI=1S/C28H33N5O2S/c1-4-25-18-26(31(3)19-22-8-6-5-7-9-22)30-28(29-25)36-20-23-10-12-24(13-11-23)27(35)33-16-14-32(15-17-33)21(2)34/h5-13,18H,4,14-17,19-20H2,1-3H3. The molecule has 1 aliphatic rings. The second-order valence-electron chi connectivity index (χ2n) is 8.98. The number of hydrogen-bond acceptors (Lipinski definition) is 6. The van der Waals surface area contributed by atoms with Gasteiger partial charge in [-0.05, 0) is 29.7 Å². The lowest BCUT2D eigenvalue weighted by molar-refractivity contribution is -0.130. The van der Waals surface area contributed by atoms with Crippen molar-refractivity contribution in [2.75, 3.05) is 38.1 Å². The third-order valence-corrected chi connectivity index (χ3v) is 7.26. The summed E-state index contributed by atoms with van der Waals surface area (Å²) >= 11 is 1.60. The van der Waals surface area contributed by atoms with Crippen LogP contribution in [0.15, 0.2) is 65.8 Å². The molecule has 36 heavy (non-hydrogen) atoms. The number of nitrogens with zero attached hydrogens (tertiary/aromatic N) is 5. The lowest BCUT2D eigenvalue weighted by Gasteiger charge is -2.34. The second-order valence-corrected chi connectivity index (χ2v) is 9.92. The Kier molecular flexibility index (Phi) is 8.59. The first-order chi connectivity index (χ1) is 17.4. The summed E-state index contributed by atoms with van der Waals surface area (Å²) in [5.41, 5.74) is 4.05. The van der Waals surface area contributed by atoms with Crippen LogP contribution in [0, 0.1) is 0 Å². The predicted molar refractivity (Wildman–Crippen MR) is 144 cm³/mol. The average molecular weight is 504 g/mol. The molecule has 0 radical (unpaired) electrons. The fourth-order valence-electron chi connectivity index (χ4n) is 4.14. The highest BCUT2D eigenvalue weighted by molar-refractivity contribution is 7.98. The van der Waals surface area contributed by atoms with Crippen LogP contribution in [0.3, 0.4) is 0 Å². The smallest absolute Gasteiger partial charge is 0.253 e. The molecule has 0 N–H and O–H groups in total. The number of thioether (sulfide) groups is 1. The molecular formula is C28H33N5O2S. The molecule has 4 rings (SSSR count). The van der Waals surface area contributed by atoms with E-state index in [0.29, 0.717) is 31.7 Å². The minimum absolute atomic E-state index is 0.0162. The summed E-state index contributed by atoms with van der Waals surface area (Å²) in [4.78, 5) is 39.7. The average Bonchev–Trinajstić information content (AvgIpc) is 2.92. The fraction of sp³-hybridized carbons (Fsp3) is 0.357. The van der Waals surface area contributed by atoms with Gasteiger partial charge in [0.25, 0.3) is 5.91 Å². The molecule has 3 aromatic rings. The van der Waals surface area contributed by atoms with Gasteiger partial charge in [-0.3, -0.25) is 9.59 Å². The van der Waals surface area contributed by atoms with Crippen LogP contribution < -0.4 is 4.90 Å². The summed E-state index contributed by atoms with van der Waals surface area (Å²) in [5, 5.41) is 0.757. The predicted octanol–water partition coefficient (Wildman–Crippen LogP) is 4.27. The van der Waals surface area contributed by atoms with E-state index in [4.69, 9.17) is 9.97 Å². The maximum absolute atomic E-state index is 12.9. The molecule has 1 aliphatic heterocycles. The van der Waals surface area contributed by atoms with Gasteiger partial charge in [0.15, 0.2) is 5.16 Å². The van der Waals surface area contributed by atoms with Gasteiger partial charge in [-0.2, -0.15) is 0 Å². The molecular weight excluding hydrogens is 470 g/mol. The van der Waals surface area contributed by atoms with Crippen LogP contribution in [0.2, 0.25) is 0 Å². The number of rotatable bonds is 8. The molecule has 188 valence electrons. The van der Waals surface area contributed by atoms with Crippen molar-refractivity contribution in [1.29, 1.82) is 0 Å². The molecule has 2 aromatic carbocycles. The zero-order chi connectivity index (χ0) is 25.5. The van der Waals surface area contributed by atoms with Gasteiger partial charge < -0.3 is 14.7 Å². The van der Waals surface area contributed by atoms with Crippen molar-refractivity contribution < 1.29 is 9.59 Å². The van der Waals surface area contributed by atoms with E-state index in [0.717, 1.165) is 41.0 Å². The molecule has 1 fully saturated rings. The van der Waals surface area contributed by atoms with Crippen LogP contribution in [0.25, 0.3) is 0 Å². The summed E-state index contributed by atoms with van der Waals surface area (Å²) in [7, 11) is 2.05. The Labute approximate surface area is 217 Å². The summed E-state index contributed by atoms with van der Waals surface area (Å²) in [6.45, 7) is 6.79. The van der Waals surface area contributed by atoms with Crippen molar-refractivity contribution in [2.45, 2.75) is 37.7 Å². The van der Waals surface area contributed by atoms with Crippen LogP contribution in [-0.2, 0) is 23.5 Å². The van der Waals surface area contributed by atoms with Crippen LogP contribution in [-0.4, -0.2) is 64.8 Å². The number of benzene rings is 2. The second kappa shape index (κ2) is 12.0. The Hall–Kier alpha value is -3.39. The van der Waals surface area contributed by atoms with Crippen LogP contribution >= 0.6 is 11.8 Å². The monoisotopic (exact) mass is 503 g/mol. The first-order valence-corrected chi connectivity index (χ1v) is 13.3. The van der Waals surface area contributed by atoms with Gasteiger partial charge in [-0.1, -0.05) is 61.2 Å². The number of anilines is 1. The van der Waals surface area contributed by atoms with Gasteiger partial charge in [0.2, 0.25) is 5.91 Å². The number of aryl methyl sites for hydroxylation is 1. The Bertz CT molecular complexity index is 1180. The summed E-state index contributed by atoms with van der Waals surface area (Å²) in [6, 6.07) is 20.2. The molecule has 1 saturated heterocycles. The minimum atomic E-state index is 0.0162. The molecule has 0 bridgehead atoms. The quantitative estimate of drug-likeness (QED) is 0.338. The van der Waals surface area contributed by atoms with E-state index in [2.05, 4.69) is 49.2 Å². The highest BCUT2D eigenvalue weighted by atomic mass is 32.2. The largest absolute Gasteiger partial charge is 0.355 e. The fourth-order valence-corrected chi connectivity index (χ4v) is 4.97. The van der Waals surface area contributed by atoms with E-state index < -0.39 is 0 Å². The van der Waals surface area contributed by atoms with Gasteiger partial charge in [-0.25, -0.2) is 9.97 Å². The molecule has 0 unspecified atom stereocenters. The summed E-state index contributed by atoms with van der Waals surface area (Å²) in [6.07, 6.45) is 0.847. The number of carbonyl (C=O) groups is 2. The Balaban J connectivity index is 1.36. The van der Waals surface area contributed by atoms with Crippen molar-refractivity contribution in [1.82, 2.24) is 19.8 Å². The molecule has 7 nitrogen and oxygen atoms in total. The van der Waals surface area contributed by atoms with E-state index in [1.165, 1.54) is 5.56 Å². The van der Waals surface area contributed by atoms with E-state index in [1.54, 1.807) is 23.6 Å². The van der Waals surface area contributed by atoms with E-state index in [1.807, 2.05) is 35.2 Å². The summed E-state index contributed by atoms with van der Waals surface area (Å²) in [5.74, 6) is 1.72. The van der Waals surface area contributed by atoms with Crippen LogP contribution in [0.1, 0.15) is 41.0 Å². The topological polar surface area (TPSA) is 69.6 Å². The van der Waals surface area contributed by atoms with Gasteiger partial charge in [0, 0.05) is 69.8 Å². The molecule has 2 heterocycles. The highest BCUT2D eigenvalue weighted by Gasteiger charge is 2.23. The number of carbonyl (C=O) groups excluding carboxylic acids is 2. The van der Waals surface area contributed by atoms with Gasteiger partial charge in [0.1, 0.15) is 5.82 Å². The number of aromatic nitrogens is 2. The van der Waals surface area contributed by atoms with Crippen molar-refractivity contribution in [3.05, 3.63) is 83.0 Å². The van der Waals surface area contributed by atoms with E-state index in [-0.39, 0.29) is 11.8 Å². The maximum atomic E-state index is 12.9. The van der Waals surface area contributed by atoms with Crippen molar-refractivity contribution in [3.8, 4) is 0 Å².